The largest absolute Gasteiger partial charge is 0.0776 e. The van der Waals surface area contributed by atoms with Gasteiger partial charge in [-0.05, 0) is 0 Å². The molecule has 0 aromatic rings. The standard InChI is InChI=1S/C3H8.2CH4/c1-3-2;;/h3H2,1-2H3;2*1H4. The van der Waals surface area contributed by atoms with Crippen LogP contribution in [-0.4, -0.2) is 0 Å². The van der Waals surface area contributed by atoms with Gasteiger partial charge in [-0.15, -0.1) is 0 Å². The first kappa shape index (κ1) is 20.0. The van der Waals surface area contributed by atoms with Crippen LogP contribution in [0.3, 0.4) is 0 Å². The van der Waals surface area contributed by atoms with E-state index in [1.165, 1.54) is 6.42 Å². The highest BCUT2D eigenvalue weighted by Crippen LogP contribution is 1.56. The van der Waals surface area contributed by atoms with E-state index in [1.54, 1.807) is 0 Å². The normalized spacial score (nSPS) is 3.60. The molecular formula is C5H16. The van der Waals surface area contributed by atoms with Crippen LogP contribution in [0.4, 0.5) is 0 Å². The topological polar surface area (TPSA) is 0 Å². The molecule has 0 fully saturated rings. The fourth-order valence-corrected chi connectivity index (χ4v) is 0. The molecule has 0 unspecified atom stereocenters. The lowest BCUT2D eigenvalue weighted by atomic mass is 10.6. The highest BCUT2D eigenvalue weighted by molar-refractivity contribution is 3.92. The molecule has 0 heterocycles. The van der Waals surface area contributed by atoms with Crippen LogP contribution in [0.5, 0.6) is 0 Å². The first-order chi connectivity index (χ1) is 1.41. The third kappa shape index (κ3) is 0. The van der Waals surface area contributed by atoms with Crippen LogP contribution in [0, 0.1) is 0 Å². The van der Waals surface area contributed by atoms with Gasteiger partial charge in [0.15, 0.2) is 0 Å². The zero-order valence-corrected chi connectivity index (χ0v) is 2.71. The number of hydrogen-bond acceptors (Lipinski definition) is 0. The smallest absolute Gasteiger partial charge is 0.0590 e. The van der Waals surface area contributed by atoms with Gasteiger partial charge in [0.25, 0.3) is 0 Å². The first-order valence-corrected chi connectivity index (χ1v) is 1.41. The lowest BCUT2D eigenvalue weighted by Crippen LogP contribution is -1.27. The van der Waals surface area contributed by atoms with E-state index in [9.17, 15) is 0 Å². The van der Waals surface area contributed by atoms with E-state index in [1.807, 2.05) is 0 Å². The molecule has 0 aliphatic heterocycles. The van der Waals surface area contributed by atoms with E-state index in [0.29, 0.717) is 0 Å². The van der Waals surface area contributed by atoms with Crippen molar-refractivity contribution in [2.75, 3.05) is 0 Å². The molecular weight excluding hydrogens is 60.1 g/mol. The highest BCUT2D eigenvalue weighted by Gasteiger charge is 1.35. The minimum absolute atomic E-state index is 0. The molecule has 0 rings (SSSR count). The van der Waals surface area contributed by atoms with Gasteiger partial charge in [-0.1, -0.05) is 35.1 Å². The van der Waals surface area contributed by atoms with E-state index >= 15 is 0 Å². The second-order valence-electron chi connectivity index (χ2n) is 0.707. The fraction of sp³-hybridized carbons (Fsp3) is 1.00. The quantitative estimate of drug-likeness (QED) is 0.416. The number of hydrogen-bond donors (Lipinski definition) is 0. The van der Waals surface area contributed by atoms with Gasteiger partial charge in [0.2, 0.25) is 0 Å². The highest BCUT2D eigenvalue weighted by atomic mass is 13.4. The van der Waals surface area contributed by atoms with Crippen molar-refractivity contribution in [3.8, 4) is 0 Å². The van der Waals surface area contributed by atoms with Crippen LogP contribution in [0.1, 0.15) is 35.1 Å². The lowest BCUT2D eigenvalue weighted by molar-refractivity contribution is 1.09. The van der Waals surface area contributed by atoms with Gasteiger partial charge in [0, 0.05) is 0 Å². The maximum absolute atomic E-state index is 2.12. The van der Waals surface area contributed by atoms with Gasteiger partial charge in [0.1, 0.15) is 0 Å². The maximum Gasteiger partial charge on any atom is -0.0590 e. The van der Waals surface area contributed by atoms with Crippen molar-refractivity contribution < 1.29 is 0 Å². The van der Waals surface area contributed by atoms with Gasteiger partial charge < -0.3 is 0 Å². The van der Waals surface area contributed by atoms with Crippen molar-refractivity contribution in [1.29, 1.82) is 0 Å². The molecule has 0 heteroatoms. The SMILES string of the molecule is C.C.CCC. The minimum Gasteiger partial charge on any atom is -0.0776 e. The molecule has 0 atom stereocenters. The first-order valence-electron chi connectivity index (χ1n) is 1.41. The predicted octanol–water partition coefficient (Wildman–Crippen LogP) is 2.69. The van der Waals surface area contributed by atoms with E-state index in [4.69, 9.17) is 0 Å². The van der Waals surface area contributed by atoms with E-state index in [2.05, 4.69) is 13.8 Å². The van der Waals surface area contributed by atoms with E-state index in [-0.39, 0.29) is 14.9 Å². The van der Waals surface area contributed by atoms with Gasteiger partial charge in [-0.25, -0.2) is 0 Å². The third-order valence-corrected chi connectivity index (χ3v) is 0. The van der Waals surface area contributed by atoms with Crippen LogP contribution in [-0.2, 0) is 0 Å². The van der Waals surface area contributed by atoms with Gasteiger partial charge in [0.05, 0.1) is 0 Å². The summed E-state index contributed by atoms with van der Waals surface area (Å²) in [6.07, 6.45) is 1.25. The molecule has 5 heavy (non-hydrogen) atoms. The third-order valence-electron chi connectivity index (χ3n) is 0. The molecule has 0 saturated heterocycles. The molecule has 0 radical (unpaired) electrons. The Morgan fingerprint density at radius 2 is 1.00 bits per heavy atom. The Balaban J connectivity index is -0.0000000200. The van der Waals surface area contributed by atoms with Crippen LogP contribution in [0.15, 0.2) is 0 Å². The Hall–Kier alpha value is 0. The van der Waals surface area contributed by atoms with Crippen molar-refractivity contribution in [1.82, 2.24) is 0 Å². The summed E-state index contributed by atoms with van der Waals surface area (Å²) in [7, 11) is 0. The Morgan fingerprint density at radius 3 is 1.00 bits per heavy atom. The average molecular weight is 76.2 g/mol. The Bertz CT molecular complexity index is 0. The van der Waals surface area contributed by atoms with Crippen LogP contribution in [0.2, 0.25) is 0 Å². The average Bonchev–Trinajstić information content (AvgIpc) is 0.918. The summed E-state index contributed by atoms with van der Waals surface area (Å²) in [6.45, 7) is 4.25. The summed E-state index contributed by atoms with van der Waals surface area (Å²) in [5.41, 5.74) is 0. The van der Waals surface area contributed by atoms with Crippen molar-refractivity contribution in [3.63, 3.8) is 0 Å². The lowest BCUT2D eigenvalue weighted by Gasteiger charge is -1.48. The molecule has 0 spiro atoms. The summed E-state index contributed by atoms with van der Waals surface area (Å²) in [4.78, 5) is 0. The summed E-state index contributed by atoms with van der Waals surface area (Å²) >= 11 is 0. The molecule has 0 nitrogen and oxygen atoms in total. The molecule has 0 bridgehead atoms. The molecule has 0 aliphatic carbocycles. The van der Waals surface area contributed by atoms with Crippen molar-refractivity contribution in [3.05, 3.63) is 0 Å². The monoisotopic (exact) mass is 76.1 g/mol. The zero-order chi connectivity index (χ0) is 2.71. The van der Waals surface area contributed by atoms with Crippen LogP contribution in [0.25, 0.3) is 0 Å². The summed E-state index contributed by atoms with van der Waals surface area (Å²) in [5.74, 6) is 0. The molecule has 0 N–H and O–H groups in total. The van der Waals surface area contributed by atoms with E-state index in [0.717, 1.165) is 0 Å². The summed E-state index contributed by atoms with van der Waals surface area (Å²) in [6, 6.07) is 0. The Morgan fingerprint density at radius 1 is 1.00 bits per heavy atom. The van der Waals surface area contributed by atoms with Crippen molar-refractivity contribution in [2.24, 2.45) is 0 Å². The van der Waals surface area contributed by atoms with Gasteiger partial charge >= 0.3 is 0 Å². The predicted molar refractivity (Wildman–Crippen MR) is 29.4 cm³/mol. The van der Waals surface area contributed by atoms with Gasteiger partial charge in [-0.2, -0.15) is 0 Å². The Kier molecular flexibility index (Phi) is 144. The second kappa shape index (κ2) is 36.0. The number of rotatable bonds is 0. The zero-order valence-electron chi connectivity index (χ0n) is 2.71. The molecule has 0 saturated carbocycles. The molecule has 0 aromatic heterocycles. The molecule has 0 aromatic carbocycles. The van der Waals surface area contributed by atoms with Crippen molar-refractivity contribution >= 4 is 0 Å². The second-order valence-corrected chi connectivity index (χ2v) is 0.707. The molecule has 0 amide bonds. The van der Waals surface area contributed by atoms with Gasteiger partial charge in [-0.3, -0.25) is 0 Å². The summed E-state index contributed by atoms with van der Waals surface area (Å²) in [5, 5.41) is 0. The van der Waals surface area contributed by atoms with E-state index < -0.39 is 0 Å². The molecule has 36 valence electrons. The van der Waals surface area contributed by atoms with Crippen molar-refractivity contribution in [2.45, 2.75) is 35.1 Å². The van der Waals surface area contributed by atoms with Crippen LogP contribution < -0.4 is 0 Å². The fourth-order valence-electron chi connectivity index (χ4n) is 0. The molecule has 0 aliphatic rings. The summed E-state index contributed by atoms with van der Waals surface area (Å²) < 4.78 is 0. The Labute approximate surface area is 36.2 Å². The minimum atomic E-state index is 0. The van der Waals surface area contributed by atoms with Crippen LogP contribution >= 0.6 is 0 Å². The maximum atomic E-state index is 2.12.